The summed E-state index contributed by atoms with van der Waals surface area (Å²) in [5, 5.41) is 27.8. The van der Waals surface area contributed by atoms with Crippen molar-refractivity contribution >= 4 is 22.6 Å². The molecule has 6 atom stereocenters. The number of nitrogens with zero attached hydrogens (tertiary/aromatic N) is 1. The van der Waals surface area contributed by atoms with Gasteiger partial charge in [0.2, 0.25) is 5.91 Å². The lowest BCUT2D eigenvalue weighted by molar-refractivity contribution is -0.132. The molecule has 2 fully saturated rings. The first-order chi connectivity index (χ1) is 19.4. The van der Waals surface area contributed by atoms with E-state index >= 15 is 0 Å². The molecule has 0 aromatic heterocycles. The number of phenols is 1. The largest absolute Gasteiger partial charge is 0.508 e. The van der Waals surface area contributed by atoms with Gasteiger partial charge in [-0.15, -0.1) is 0 Å². The van der Waals surface area contributed by atoms with Crippen LogP contribution in [0.25, 0.3) is 0 Å². The molecule has 41 heavy (non-hydrogen) atoms. The fraction of sp³-hybridized carbons (Fsp3) is 0.562. The molecule has 2 aromatic carbocycles. The van der Waals surface area contributed by atoms with E-state index in [0.717, 1.165) is 19.3 Å². The lowest BCUT2D eigenvalue weighted by Gasteiger charge is -2.47. The first kappa shape index (κ1) is 31.2. The Bertz CT molecular complexity index is 1230. The number of carbonyl (C=O) groups is 2. The molecule has 1 saturated carbocycles. The Morgan fingerprint density at radius 3 is 2.41 bits per heavy atom. The van der Waals surface area contributed by atoms with Gasteiger partial charge in [0.15, 0.2) is 0 Å². The molecule has 1 aliphatic carbocycles. The summed E-state index contributed by atoms with van der Waals surface area (Å²) in [5.41, 5.74) is 0.339. The highest BCUT2D eigenvalue weighted by Gasteiger charge is 2.42. The summed E-state index contributed by atoms with van der Waals surface area (Å²) >= 11 is 0. The van der Waals surface area contributed by atoms with E-state index in [0.29, 0.717) is 28.8 Å². The van der Waals surface area contributed by atoms with Crippen LogP contribution >= 0.6 is 0 Å². The Labute approximate surface area is 246 Å². The van der Waals surface area contributed by atoms with E-state index in [-0.39, 0.29) is 41.1 Å². The molecular weight excluding hydrogens is 538 g/mol. The number of likely N-dealkylation sites (tertiary alicyclic amines) is 1. The number of nitrogens with one attached hydrogen (secondary N) is 2. The Hall–Kier alpha value is -2.75. The van der Waals surface area contributed by atoms with Gasteiger partial charge in [-0.1, -0.05) is 43.5 Å². The van der Waals surface area contributed by atoms with Crippen LogP contribution in [0, 0.1) is 18.8 Å². The molecule has 1 aliphatic heterocycles. The molecule has 1 saturated heterocycles. The molecule has 4 rings (SSSR count). The third-order valence-corrected chi connectivity index (χ3v) is 9.85. The van der Waals surface area contributed by atoms with Crippen LogP contribution in [0.4, 0.5) is 0 Å². The molecule has 1 heterocycles. The number of fused-ring (bicyclic) bond motifs is 1. The van der Waals surface area contributed by atoms with Crippen LogP contribution in [0.15, 0.2) is 53.4 Å². The van der Waals surface area contributed by atoms with Crippen molar-refractivity contribution in [3.63, 3.8) is 0 Å². The van der Waals surface area contributed by atoms with E-state index in [1.807, 2.05) is 26.8 Å². The molecular formula is C32H45N3O5S. The number of hydrogen-bond donors (Lipinski definition) is 4. The minimum atomic E-state index is -1.48. The molecule has 1 unspecified atom stereocenters. The summed E-state index contributed by atoms with van der Waals surface area (Å²) in [6, 6.07) is 12.5. The predicted molar refractivity (Wildman–Crippen MR) is 161 cm³/mol. The molecule has 2 aromatic rings. The molecule has 2 aliphatic rings. The minimum absolute atomic E-state index is 0.00525. The van der Waals surface area contributed by atoms with E-state index in [1.54, 1.807) is 43.3 Å². The Kier molecular flexibility index (Phi) is 10.3. The van der Waals surface area contributed by atoms with Gasteiger partial charge in [-0.3, -0.25) is 18.7 Å². The molecule has 9 heteroatoms. The number of hydrogen-bond acceptors (Lipinski definition) is 6. The topological polar surface area (TPSA) is 119 Å². The number of benzene rings is 2. The van der Waals surface area contributed by atoms with Crippen molar-refractivity contribution in [1.29, 1.82) is 0 Å². The minimum Gasteiger partial charge on any atom is -0.508 e. The first-order valence-electron chi connectivity index (χ1n) is 14.7. The van der Waals surface area contributed by atoms with Crippen LogP contribution in [0.1, 0.15) is 68.8 Å². The number of aliphatic hydroxyl groups is 1. The molecule has 224 valence electrons. The molecule has 0 bridgehead atoms. The first-order valence-corrected chi connectivity index (χ1v) is 16.0. The highest BCUT2D eigenvalue weighted by atomic mass is 32.2. The smallest absolute Gasteiger partial charge is 0.252 e. The normalized spacial score (nSPS) is 23.6. The third kappa shape index (κ3) is 8.17. The maximum absolute atomic E-state index is 13.5. The number of rotatable bonds is 9. The lowest BCUT2D eigenvalue weighted by atomic mass is 9.72. The monoisotopic (exact) mass is 583 g/mol. The van der Waals surface area contributed by atoms with Gasteiger partial charge < -0.3 is 20.8 Å². The SMILES string of the molecule is Cc1c(O)cccc1C(=O)N[C@@H](CS(=O)c1ccccc1)[C@H](O)CN1C[C@H]2CCCC[C@H]2C[C@H]1C(=O)NC(C)(C)C. The highest BCUT2D eigenvalue weighted by Crippen LogP contribution is 2.39. The number of β-amino-alcohol motifs (C(OH)–C–C–N with tert-alkyl or cyclic N) is 1. The fourth-order valence-electron chi connectivity index (χ4n) is 6.19. The van der Waals surface area contributed by atoms with Crippen LogP contribution < -0.4 is 10.6 Å². The second kappa shape index (κ2) is 13.5. The maximum Gasteiger partial charge on any atom is 0.252 e. The zero-order valence-corrected chi connectivity index (χ0v) is 25.5. The fourth-order valence-corrected chi connectivity index (χ4v) is 7.48. The summed E-state index contributed by atoms with van der Waals surface area (Å²) < 4.78 is 13.3. The van der Waals surface area contributed by atoms with Gasteiger partial charge in [-0.05, 0) is 76.6 Å². The lowest BCUT2D eigenvalue weighted by Crippen LogP contribution is -2.60. The summed E-state index contributed by atoms with van der Waals surface area (Å²) in [4.78, 5) is 29.5. The average Bonchev–Trinajstić information content (AvgIpc) is 2.93. The Morgan fingerprint density at radius 1 is 1.05 bits per heavy atom. The van der Waals surface area contributed by atoms with Crippen molar-refractivity contribution < 1.29 is 24.0 Å². The Morgan fingerprint density at radius 2 is 1.73 bits per heavy atom. The van der Waals surface area contributed by atoms with Crippen LogP contribution in [-0.2, 0) is 15.6 Å². The Balaban J connectivity index is 1.57. The standard InChI is InChI=1S/C32H45N3O5S/c1-21-25(15-10-16-28(21)36)30(38)33-26(20-41(40)24-13-6-5-7-14-24)29(37)19-35-18-23-12-9-8-11-22(23)17-27(35)31(39)34-32(2,3)4/h5-7,10,13-16,22-23,26-27,29,36-37H,8-9,11-12,17-20H2,1-4H3,(H,33,38)(H,34,39)/t22-,23+,26-,27-,29+,41?/m0/s1. The summed E-state index contributed by atoms with van der Waals surface area (Å²) in [5.74, 6) is 0.468. The molecule has 0 radical (unpaired) electrons. The number of phenolic OH excluding ortho intramolecular Hbond substituents is 1. The van der Waals surface area contributed by atoms with E-state index in [9.17, 15) is 24.0 Å². The summed E-state index contributed by atoms with van der Waals surface area (Å²) in [7, 11) is -1.48. The summed E-state index contributed by atoms with van der Waals surface area (Å²) in [6.45, 7) is 8.42. The van der Waals surface area contributed by atoms with Gasteiger partial charge >= 0.3 is 0 Å². The van der Waals surface area contributed by atoms with Gasteiger partial charge in [0.1, 0.15) is 5.75 Å². The van der Waals surface area contributed by atoms with Gasteiger partial charge in [0, 0.05) is 34.7 Å². The second-order valence-electron chi connectivity index (χ2n) is 12.7. The van der Waals surface area contributed by atoms with Crippen LogP contribution in [0.2, 0.25) is 0 Å². The van der Waals surface area contributed by atoms with E-state index < -0.39 is 28.9 Å². The number of piperidine rings is 1. The number of aromatic hydroxyl groups is 1. The quantitative estimate of drug-likeness (QED) is 0.357. The van der Waals surface area contributed by atoms with Crippen molar-refractivity contribution in [2.75, 3.05) is 18.8 Å². The molecule has 0 spiro atoms. The van der Waals surface area contributed by atoms with Crippen molar-refractivity contribution in [2.24, 2.45) is 11.8 Å². The summed E-state index contributed by atoms with van der Waals surface area (Å²) in [6.07, 6.45) is 4.27. The molecule has 8 nitrogen and oxygen atoms in total. The van der Waals surface area contributed by atoms with Gasteiger partial charge in [0.25, 0.3) is 5.91 Å². The zero-order chi connectivity index (χ0) is 29.7. The van der Waals surface area contributed by atoms with Gasteiger partial charge in [-0.2, -0.15) is 0 Å². The number of carbonyl (C=O) groups excluding carboxylic acids is 2. The zero-order valence-electron chi connectivity index (χ0n) is 24.6. The van der Waals surface area contributed by atoms with Crippen LogP contribution in [-0.4, -0.2) is 73.7 Å². The number of aliphatic hydroxyl groups excluding tert-OH is 1. The predicted octanol–water partition coefficient (Wildman–Crippen LogP) is 3.76. The highest BCUT2D eigenvalue weighted by molar-refractivity contribution is 7.85. The van der Waals surface area contributed by atoms with E-state index in [4.69, 9.17) is 0 Å². The van der Waals surface area contributed by atoms with Crippen molar-refractivity contribution in [1.82, 2.24) is 15.5 Å². The third-order valence-electron chi connectivity index (χ3n) is 8.39. The van der Waals surface area contributed by atoms with Crippen LogP contribution in [0.3, 0.4) is 0 Å². The molecule has 2 amide bonds. The molecule has 4 N–H and O–H groups in total. The number of amides is 2. The van der Waals surface area contributed by atoms with E-state index in [1.165, 1.54) is 18.9 Å². The van der Waals surface area contributed by atoms with Gasteiger partial charge in [0.05, 0.1) is 34.7 Å². The average molecular weight is 584 g/mol. The van der Waals surface area contributed by atoms with E-state index in [2.05, 4.69) is 15.5 Å². The van der Waals surface area contributed by atoms with Crippen molar-refractivity contribution in [3.8, 4) is 5.75 Å². The van der Waals surface area contributed by atoms with Crippen molar-refractivity contribution in [2.45, 2.75) is 88.4 Å². The van der Waals surface area contributed by atoms with Crippen LogP contribution in [0.5, 0.6) is 5.75 Å². The second-order valence-corrected chi connectivity index (χ2v) is 14.2. The van der Waals surface area contributed by atoms with Gasteiger partial charge in [-0.25, -0.2) is 0 Å². The maximum atomic E-state index is 13.5. The van der Waals surface area contributed by atoms with Crippen molar-refractivity contribution in [3.05, 3.63) is 59.7 Å².